The predicted molar refractivity (Wildman–Crippen MR) is 132 cm³/mol. The number of hydrogen-bond acceptors (Lipinski definition) is 7. The van der Waals surface area contributed by atoms with Crippen LogP contribution < -0.4 is 5.56 Å². The molecule has 2 aromatic rings. The van der Waals surface area contributed by atoms with Crippen LogP contribution in [0.3, 0.4) is 0 Å². The first-order valence-corrected chi connectivity index (χ1v) is 21.3. The third kappa shape index (κ3) is 6.04. The lowest BCUT2D eigenvalue weighted by molar-refractivity contribution is -0.0457. The van der Waals surface area contributed by atoms with Gasteiger partial charge in [-0.2, -0.15) is 0 Å². The summed E-state index contributed by atoms with van der Waals surface area (Å²) >= 11 is 0. The van der Waals surface area contributed by atoms with Gasteiger partial charge in [0.1, 0.15) is 18.3 Å². The van der Waals surface area contributed by atoms with Crippen LogP contribution in [0, 0.1) is 0 Å². The lowest BCUT2D eigenvalue weighted by Gasteiger charge is -2.34. The van der Waals surface area contributed by atoms with E-state index in [9.17, 15) is 4.79 Å². The molecule has 1 saturated heterocycles. The molecule has 1 aliphatic heterocycles. The first-order valence-electron chi connectivity index (χ1n) is 11.1. The third-order valence-corrected chi connectivity index (χ3v) is 7.85. The largest absolute Gasteiger partial charge is 0.415 e. The average molecular weight is 499 g/mol. The lowest BCUT2D eigenvalue weighted by Crippen LogP contribution is -2.48. The topological polar surface area (TPSA) is 89.6 Å². The molecule has 0 spiro atoms. The molecular formula is C20H38N4O5Si3. The number of aryl methyl sites for hydroxylation is 1. The number of hydrogen-bond donors (Lipinski definition) is 0. The first-order chi connectivity index (χ1) is 14.6. The van der Waals surface area contributed by atoms with E-state index in [1.54, 1.807) is 13.4 Å². The van der Waals surface area contributed by atoms with E-state index in [-0.39, 0.29) is 23.9 Å². The molecule has 1 aliphatic rings. The highest BCUT2D eigenvalue weighted by Crippen LogP contribution is 2.38. The highest BCUT2D eigenvalue weighted by Gasteiger charge is 2.50. The number of ether oxygens (including phenoxy) is 1. The van der Waals surface area contributed by atoms with Gasteiger partial charge in [-0.15, -0.1) is 0 Å². The highest BCUT2D eigenvalue weighted by molar-refractivity contribution is 6.70. The minimum atomic E-state index is -1.97. The molecule has 0 radical (unpaired) electrons. The summed E-state index contributed by atoms with van der Waals surface area (Å²) in [5, 5.41) is 0. The predicted octanol–water partition coefficient (Wildman–Crippen LogP) is 3.32. The molecule has 0 amide bonds. The standard InChI is InChI=1S/C20H38N4O5Si3/c1-23-12-22-18-15(19(23)25)21-13-24(18)20-17(29-32(8,9)10)16(28-31(5,6)7)14(27-20)11-26-30(2,3)4/h12-14,16-17,20H,11H2,1-10H3. The Morgan fingerprint density at radius 2 is 1.50 bits per heavy atom. The molecule has 32 heavy (non-hydrogen) atoms. The second-order valence-electron chi connectivity index (χ2n) is 11.4. The summed E-state index contributed by atoms with van der Waals surface area (Å²) in [7, 11) is -3.98. The van der Waals surface area contributed by atoms with E-state index in [0.29, 0.717) is 17.8 Å². The van der Waals surface area contributed by atoms with Crippen LogP contribution >= 0.6 is 0 Å². The zero-order valence-electron chi connectivity index (χ0n) is 21.0. The van der Waals surface area contributed by atoms with Gasteiger partial charge in [0.2, 0.25) is 0 Å². The van der Waals surface area contributed by atoms with E-state index in [0.717, 1.165) is 0 Å². The Morgan fingerprint density at radius 1 is 0.906 bits per heavy atom. The molecule has 0 bridgehead atoms. The fraction of sp³-hybridized carbons (Fsp3) is 0.750. The van der Waals surface area contributed by atoms with Crippen LogP contribution in [0.1, 0.15) is 6.23 Å². The number of aromatic nitrogens is 4. The molecule has 0 aliphatic carbocycles. The Bertz CT molecular complexity index is 1010. The van der Waals surface area contributed by atoms with Crippen molar-refractivity contribution >= 4 is 36.1 Å². The van der Waals surface area contributed by atoms with Gasteiger partial charge in [-0.1, -0.05) is 0 Å². The summed E-state index contributed by atoms with van der Waals surface area (Å²) in [5.41, 5.74) is 0.610. The molecule has 3 heterocycles. The van der Waals surface area contributed by atoms with E-state index < -0.39 is 31.2 Å². The van der Waals surface area contributed by atoms with Crippen molar-refractivity contribution in [3.05, 3.63) is 23.0 Å². The fourth-order valence-corrected chi connectivity index (χ4v) is 6.50. The van der Waals surface area contributed by atoms with Gasteiger partial charge in [-0.05, 0) is 58.9 Å². The van der Waals surface area contributed by atoms with Gasteiger partial charge in [0.25, 0.3) is 5.56 Å². The summed E-state index contributed by atoms with van der Waals surface area (Å²) < 4.78 is 29.3. The molecular weight excluding hydrogens is 461 g/mol. The van der Waals surface area contributed by atoms with Crippen molar-refractivity contribution in [2.75, 3.05) is 6.61 Å². The molecule has 0 aromatic carbocycles. The van der Waals surface area contributed by atoms with Crippen molar-refractivity contribution < 1.29 is 18.0 Å². The van der Waals surface area contributed by atoms with E-state index in [2.05, 4.69) is 68.9 Å². The molecule has 12 heteroatoms. The Balaban J connectivity index is 2.06. The van der Waals surface area contributed by atoms with Crippen molar-refractivity contribution in [1.82, 2.24) is 19.1 Å². The summed E-state index contributed by atoms with van der Waals surface area (Å²) in [5.74, 6) is 0. The quantitative estimate of drug-likeness (QED) is 0.516. The first kappa shape index (κ1) is 25.5. The molecule has 2 aromatic heterocycles. The minimum Gasteiger partial charge on any atom is -0.415 e. The molecule has 0 N–H and O–H groups in total. The molecule has 0 saturated carbocycles. The second kappa shape index (κ2) is 8.89. The number of rotatable bonds is 8. The van der Waals surface area contributed by atoms with Gasteiger partial charge < -0.3 is 22.6 Å². The maximum absolute atomic E-state index is 12.5. The van der Waals surface area contributed by atoms with Crippen molar-refractivity contribution in [1.29, 1.82) is 0 Å². The van der Waals surface area contributed by atoms with Crippen LogP contribution in [0.25, 0.3) is 11.2 Å². The van der Waals surface area contributed by atoms with Gasteiger partial charge in [-0.25, -0.2) is 9.97 Å². The molecule has 4 unspecified atom stereocenters. The van der Waals surface area contributed by atoms with Crippen molar-refractivity contribution in [2.45, 2.75) is 83.5 Å². The molecule has 3 rings (SSSR count). The Morgan fingerprint density at radius 3 is 2.06 bits per heavy atom. The van der Waals surface area contributed by atoms with Crippen molar-refractivity contribution in [3.8, 4) is 0 Å². The minimum absolute atomic E-state index is 0.192. The van der Waals surface area contributed by atoms with E-state index in [4.69, 9.17) is 18.0 Å². The SMILES string of the molecule is Cn1cnc2c(ncn2C2OC(CO[Si](C)(C)C)C(O[Si](C)(C)C)C2O[Si](C)(C)C)c1=O. The van der Waals surface area contributed by atoms with E-state index >= 15 is 0 Å². The Hall–Kier alpha value is -1.16. The lowest BCUT2D eigenvalue weighted by atomic mass is 10.1. The van der Waals surface area contributed by atoms with Crippen molar-refractivity contribution in [3.63, 3.8) is 0 Å². The maximum Gasteiger partial charge on any atom is 0.281 e. The average Bonchev–Trinajstić information content (AvgIpc) is 3.16. The summed E-state index contributed by atoms with van der Waals surface area (Å²) in [6, 6.07) is 0. The van der Waals surface area contributed by atoms with Crippen LogP contribution in [0.4, 0.5) is 0 Å². The zero-order chi connectivity index (χ0) is 24.1. The Kier molecular flexibility index (Phi) is 7.07. The molecule has 180 valence electrons. The van der Waals surface area contributed by atoms with E-state index in [1.165, 1.54) is 10.9 Å². The van der Waals surface area contributed by atoms with Gasteiger partial charge in [-0.3, -0.25) is 9.36 Å². The summed E-state index contributed by atoms with van der Waals surface area (Å²) in [4.78, 5) is 21.4. The second-order valence-corrected chi connectivity index (χ2v) is 24.8. The summed E-state index contributed by atoms with van der Waals surface area (Å²) in [6.07, 6.45) is 1.70. The smallest absolute Gasteiger partial charge is 0.281 e. The molecule has 1 fully saturated rings. The van der Waals surface area contributed by atoms with Gasteiger partial charge in [0.15, 0.2) is 42.3 Å². The van der Waals surface area contributed by atoms with Crippen LogP contribution in [-0.4, -0.2) is 69.0 Å². The third-order valence-electron chi connectivity index (χ3n) is 4.86. The van der Waals surface area contributed by atoms with Crippen LogP contribution in [0.15, 0.2) is 17.4 Å². The number of imidazole rings is 1. The van der Waals surface area contributed by atoms with Crippen molar-refractivity contribution in [2.24, 2.45) is 7.05 Å². The van der Waals surface area contributed by atoms with Crippen LogP contribution in [-0.2, 0) is 25.1 Å². The van der Waals surface area contributed by atoms with Crippen LogP contribution in [0.2, 0.25) is 58.9 Å². The maximum atomic E-state index is 12.5. The summed E-state index contributed by atoms with van der Waals surface area (Å²) in [6.45, 7) is 19.9. The number of nitrogens with zero attached hydrogens (tertiary/aromatic N) is 4. The highest BCUT2D eigenvalue weighted by atomic mass is 28.4. The van der Waals surface area contributed by atoms with Crippen LogP contribution in [0.5, 0.6) is 0 Å². The number of fused-ring (bicyclic) bond motifs is 1. The zero-order valence-corrected chi connectivity index (χ0v) is 24.0. The van der Waals surface area contributed by atoms with E-state index in [1.807, 2.05) is 4.57 Å². The monoisotopic (exact) mass is 498 g/mol. The van der Waals surface area contributed by atoms with Gasteiger partial charge in [0, 0.05) is 7.05 Å². The fourth-order valence-electron chi connectivity index (χ4n) is 3.66. The Labute approximate surface area is 193 Å². The molecule has 9 nitrogen and oxygen atoms in total. The van der Waals surface area contributed by atoms with Gasteiger partial charge >= 0.3 is 0 Å². The van der Waals surface area contributed by atoms with Gasteiger partial charge in [0.05, 0.1) is 19.3 Å². The normalized spacial score (nSPS) is 25.1. The molecule has 4 atom stereocenters.